The Bertz CT molecular complexity index is 1450. The summed E-state index contributed by atoms with van der Waals surface area (Å²) in [7, 11) is 0. The first-order valence-electron chi connectivity index (χ1n) is 11.9. The lowest BCUT2D eigenvalue weighted by Gasteiger charge is -2.13. The van der Waals surface area contributed by atoms with Crippen LogP contribution >= 0.6 is 0 Å². The lowest BCUT2D eigenvalue weighted by molar-refractivity contribution is 0.0944. The molecule has 0 saturated heterocycles. The standard InChI is InChI=1S/C28H29N5O3/c1-19(2)22-11-13-24(14-12-22)33-28(36)32(18-21-9-7-20(3)8-10-21)27(35)25(31-33)26(34)30-17-15-23-6-4-5-16-29-23/h4-14,16,19H,15,17-18H2,1-3H3,(H,30,34). The Balaban J connectivity index is 1.71. The summed E-state index contributed by atoms with van der Waals surface area (Å²) >= 11 is 0. The number of carbonyl (C=O) groups excluding carboxylic acids is 1. The van der Waals surface area contributed by atoms with Crippen molar-refractivity contribution in [3.8, 4) is 5.69 Å². The van der Waals surface area contributed by atoms with E-state index in [-0.39, 0.29) is 18.8 Å². The molecule has 0 bridgehead atoms. The van der Waals surface area contributed by atoms with Crippen LogP contribution in [0.25, 0.3) is 5.69 Å². The summed E-state index contributed by atoms with van der Waals surface area (Å²) < 4.78 is 2.18. The second-order valence-electron chi connectivity index (χ2n) is 8.99. The van der Waals surface area contributed by atoms with Crippen molar-refractivity contribution in [3.05, 3.63) is 122 Å². The number of aromatic nitrogens is 4. The van der Waals surface area contributed by atoms with E-state index in [0.717, 1.165) is 31.6 Å². The highest BCUT2D eigenvalue weighted by Gasteiger charge is 2.20. The van der Waals surface area contributed by atoms with Gasteiger partial charge in [-0.25, -0.2) is 4.79 Å². The lowest BCUT2D eigenvalue weighted by Crippen LogP contribution is -2.46. The maximum absolute atomic E-state index is 13.4. The van der Waals surface area contributed by atoms with Crippen LogP contribution < -0.4 is 16.6 Å². The summed E-state index contributed by atoms with van der Waals surface area (Å²) in [5, 5.41) is 6.94. The fraction of sp³-hybridized carbons (Fsp3) is 0.250. The van der Waals surface area contributed by atoms with E-state index in [1.165, 1.54) is 0 Å². The van der Waals surface area contributed by atoms with Crippen molar-refractivity contribution in [3.63, 3.8) is 0 Å². The molecule has 1 amide bonds. The van der Waals surface area contributed by atoms with Crippen LogP contribution in [-0.2, 0) is 13.0 Å². The number of aryl methyl sites for hydroxylation is 1. The Morgan fingerprint density at radius 3 is 2.33 bits per heavy atom. The predicted octanol–water partition coefficient (Wildman–Crippen LogP) is 3.24. The van der Waals surface area contributed by atoms with Crippen LogP contribution in [0.1, 0.15) is 52.6 Å². The second-order valence-corrected chi connectivity index (χ2v) is 8.99. The maximum Gasteiger partial charge on any atom is 0.352 e. The molecule has 0 atom stereocenters. The summed E-state index contributed by atoms with van der Waals surface area (Å²) in [6.07, 6.45) is 2.18. The third-order valence-electron chi connectivity index (χ3n) is 5.93. The minimum Gasteiger partial charge on any atom is -0.350 e. The molecule has 0 aliphatic carbocycles. The van der Waals surface area contributed by atoms with Crippen LogP contribution in [0.3, 0.4) is 0 Å². The van der Waals surface area contributed by atoms with Crippen LogP contribution in [0.4, 0.5) is 0 Å². The quantitative estimate of drug-likeness (QED) is 0.415. The van der Waals surface area contributed by atoms with Crippen LogP contribution in [-0.4, -0.2) is 31.8 Å². The van der Waals surface area contributed by atoms with E-state index in [1.807, 2.05) is 61.5 Å². The molecule has 0 saturated carbocycles. The van der Waals surface area contributed by atoms with Gasteiger partial charge in [0.25, 0.3) is 11.5 Å². The highest BCUT2D eigenvalue weighted by Crippen LogP contribution is 2.15. The summed E-state index contributed by atoms with van der Waals surface area (Å²) in [4.78, 5) is 43.9. The van der Waals surface area contributed by atoms with Crippen molar-refractivity contribution in [1.82, 2.24) is 24.6 Å². The van der Waals surface area contributed by atoms with E-state index in [1.54, 1.807) is 18.3 Å². The van der Waals surface area contributed by atoms with Crippen LogP contribution in [0.2, 0.25) is 0 Å². The lowest BCUT2D eigenvalue weighted by atomic mass is 10.0. The Hall–Kier alpha value is -4.33. The van der Waals surface area contributed by atoms with Gasteiger partial charge in [0.05, 0.1) is 12.2 Å². The fourth-order valence-electron chi connectivity index (χ4n) is 3.78. The van der Waals surface area contributed by atoms with Gasteiger partial charge in [-0.05, 0) is 48.2 Å². The molecule has 0 radical (unpaired) electrons. The van der Waals surface area contributed by atoms with Crippen molar-refractivity contribution in [1.29, 1.82) is 0 Å². The largest absolute Gasteiger partial charge is 0.352 e. The number of rotatable bonds is 8. The molecule has 2 heterocycles. The van der Waals surface area contributed by atoms with Gasteiger partial charge in [-0.3, -0.25) is 19.1 Å². The van der Waals surface area contributed by atoms with Crippen molar-refractivity contribution >= 4 is 5.91 Å². The number of amides is 1. The zero-order chi connectivity index (χ0) is 25.7. The molecule has 8 heteroatoms. The Kier molecular flexibility index (Phi) is 7.53. The minimum atomic E-state index is -0.731. The molecule has 36 heavy (non-hydrogen) atoms. The number of nitrogens with one attached hydrogen (secondary N) is 1. The van der Waals surface area contributed by atoms with Gasteiger partial charge >= 0.3 is 5.69 Å². The van der Waals surface area contributed by atoms with Gasteiger partial charge in [0.1, 0.15) is 0 Å². The predicted molar refractivity (Wildman–Crippen MR) is 139 cm³/mol. The van der Waals surface area contributed by atoms with Crippen LogP contribution in [0.15, 0.2) is 82.5 Å². The normalized spacial score (nSPS) is 11.0. The van der Waals surface area contributed by atoms with Gasteiger partial charge in [-0.2, -0.15) is 9.78 Å². The molecular weight excluding hydrogens is 454 g/mol. The smallest absolute Gasteiger partial charge is 0.350 e. The summed E-state index contributed by atoms with van der Waals surface area (Å²) in [5.41, 5.74) is 2.56. The number of hydrogen-bond donors (Lipinski definition) is 1. The van der Waals surface area contributed by atoms with Gasteiger partial charge in [0.15, 0.2) is 0 Å². The molecule has 1 N–H and O–H groups in total. The molecule has 4 rings (SSSR count). The van der Waals surface area contributed by atoms with Crippen molar-refractivity contribution in [2.24, 2.45) is 0 Å². The second kappa shape index (κ2) is 10.9. The zero-order valence-electron chi connectivity index (χ0n) is 20.6. The summed E-state index contributed by atoms with van der Waals surface area (Å²) in [6.45, 7) is 6.42. The molecule has 0 unspecified atom stereocenters. The number of pyridine rings is 1. The number of nitrogens with zero attached hydrogens (tertiary/aromatic N) is 4. The Labute approximate surface area is 209 Å². The van der Waals surface area contributed by atoms with E-state index in [9.17, 15) is 14.4 Å². The highest BCUT2D eigenvalue weighted by atomic mass is 16.2. The fourth-order valence-corrected chi connectivity index (χ4v) is 3.78. The highest BCUT2D eigenvalue weighted by molar-refractivity contribution is 5.91. The topological polar surface area (TPSA) is 98.9 Å². The van der Waals surface area contributed by atoms with E-state index >= 15 is 0 Å². The molecule has 8 nitrogen and oxygen atoms in total. The van der Waals surface area contributed by atoms with E-state index in [4.69, 9.17) is 0 Å². The third kappa shape index (κ3) is 5.66. The first-order chi connectivity index (χ1) is 17.3. The first kappa shape index (κ1) is 24.8. The van der Waals surface area contributed by atoms with Crippen molar-refractivity contribution in [2.75, 3.05) is 6.54 Å². The molecule has 0 fully saturated rings. The Morgan fingerprint density at radius 2 is 1.69 bits per heavy atom. The SMILES string of the molecule is Cc1ccc(Cn2c(=O)c(C(=O)NCCc3ccccn3)nn(-c3ccc(C(C)C)cc3)c2=O)cc1. The maximum atomic E-state index is 13.4. The monoisotopic (exact) mass is 483 g/mol. The van der Waals surface area contributed by atoms with Crippen molar-refractivity contribution < 1.29 is 4.79 Å². The first-order valence-corrected chi connectivity index (χ1v) is 11.9. The molecule has 4 aromatic rings. The molecular formula is C28H29N5O3. The zero-order valence-corrected chi connectivity index (χ0v) is 20.6. The third-order valence-corrected chi connectivity index (χ3v) is 5.93. The van der Waals surface area contributed by atoms with E-state index in [0.29, 0.717) is 18.0 Å². The molecule has 184 valence electrons. The minimum absolute atomic E-state index is 0.0265. The van der Waals surface area contributed by atoms with E-state index < -0.39 is 17.2 Å². The van der Waals surface area contributed by atoms with Crippen LogP contribution in [0.5, 0.6) is 0 Å². The summed E-state index contributed by atoms with van der Waals surface area (Å²) in [6, 6.07) is 20.5. The van der Waals surface area contributed by atoms with Gasteiger partial charge in [0.2, 0.25) is 5.69 Å². The molecule has 0 spiro atoms. The number of hydrogen-bond acceptors (Lipinski definition) is 5. The molecule has 0 aliphatic rings. The molecule has 0 aliphatic heterocycles. The summed E-state index contributed by atoms with van der Waals surface area (Å²) in [5.74, 6) is -0.319. The average Bonchev–Trinajstić information content (AvgIpc) is 2.88. The Morgan fingerprint density at radius 1 is 0.972 bits per heavy atom. The molecule has 2 aromatic carbocycles. The van der Waals surface area contributed by atoms with Gasteiger partial charge in [0, 0.05) is 24.9 Å². The van der Waals surface area contributed by atoms with Crippen molar-refractivity contribution in [2.45, 2.75) is 39.7 Å². The number of carbonyl (C=O) groups is 1. The van der Waals surface area contributed by atoms with Crippen LogP contribution in [0, 0.1) is 6.92 Å². The van der Waals surface area contributed by atoms with Gasteiger partial charge in [-0.1, -0.05) is 61.9 Å². The van der Waals surface area contributed by atoms with E-state index in [2.05, 4.69) is 29.2 Å². The van der Waals surface area contributed by atoms with Gasteiger partial charge < -0.3 is 5.32 Å². The molecule has 2 aromatic heterocycles. The average molecular weight is 484 g/mol. The van der Waals surface area contributed by atoms with Gasteiger partial charge in [-0.15, -0.1) is 0 Å². The number of benzene rings is 2.